The average Bonchev–Trinajstić information content (AvgIpc) is 3.39. The number of amidine groups is 1. The van der Waals surface area contributed by atoms with Crippen molar-refractivity contribution < 1.29 is 0 Å². The summed E-state index contributed by atoms with van der Waals surface area (Å²) < 4.78 is 1.64. The summed E-state index contributed by atoms with van der Waals surface area (Å²) in [5.41, 5.74) is 4.36. The number of nitrogens with one attached hydrogen (secondary N) is 2. The third kappa shape index (κ3) is 5.07. The van der Waals surface area contributed by atoms with Gasteiger partial charge in [-0.05, 0) is 45.0 Å². The second kappa shape index (κ2) is 10.8. The number of hydrogen-bond donors (Lipinski definition) is 2. The Balaban J connectivity index is 1.28. The van der Waals surface area contributed by atoms with Gasteiger partial charge in [0.2, 0.25) is 5.95 Å². The number of anilines is 3. The van der Waals surface area contributed by atoms with Crippen LogP contribution in [0.2, 0.25) is 5.02 Å². The number of aliphatic imine (C=N–C) groups is 2. The Morgan fingerprint density at radius 2 is 2.00 bits per heavy atom. The molecule has 0 amide bonds. The van der Waals surface area contributed by atoms with Crippen LogP contribution in [0.5, 0.6) is 0 Å². The Labute approximate surface area is 236 Å². The maximum atomic E-state index is 13.6. The molecule has 0 bridgehead atoms. The fraction of sp³-hybridized carbons (Fsp3) is 0.310. The maximum Gasteiger partial charge on any atom is 0.260 e. The van der Waals surface area contributed by atoms with Gasteiger partial charge in [-0.25, -0.2) is 15.0 Å². The van der Waals surface area contributed by atoms with Gasteiger partial charge in [0.1, 0.15) is 11.5 Å². The van der Waals surface area contributed by atoms with Crippen molar-refractivity contribution in [1.82, 2.24) is 24.8 Å². The van der Waals surface area contributed by atoms with Crippen LogP contribution < -0.4 is 21.1 Å². The molecule has 1 fully saturated rings. The molecule has 4 aromatic rings. The summed E-state index contributed by atoms with van der Waals surface area (Å²) in [5, 5.41) is 7.82. The SMILES string of the molecule is CCn1c(=O)c(-c2ccc(C3=NCC(C)=N3)cc2Cl)cc2cnc(Nc3ccc(N4CCNC(C)C4)cn3)nc21. The minimum atomic E-state index is -0.172. The first kappa shape index (κ1) is 26.1. The van der Waals surface area contributed by atoms with E-state index in [0.717, 1.165) is 42.0 Å². The van der Waals surface area contributed by atoms with Gasteiger partial charge in [0, 0.05) is 71.2 Å². The highest BCUT2D eigenvalue weighted by atomic mass is 35.5. The molecule has 2 N–H and O–H groups in total. The first-order chi connectivity index (χ1) is 19.4. The van der Waals surface area contributed by atoms with E-state index >= 15 is 0 Å². The topological polar surface area (TPSA) is 113 Å². The van der Waals surface area contributed by atoms with E-state index in [-0.39, 0.29) is 5.56 Å². The van der Waals surface area contributed by atoms with Gasteiger partial charge < -0.3 is 15.5 Å². The number of benzene rings is 1. The minimum absolute atomic E-state index is 0.172. The van der Waals surface area contributed by atoms with Gasteiger partial charge in [0.05, 0.1) is 18.4 Å². The lowest BCUT2D eigenvalue weighted by Gasteiger charge is -2.33. The molecule has 0 saturated carbocycles. The molecule has 0 radical (unpaired) electrons. The van der Waals surface area contributed by atoms with E-state index in [1.54, 1.807) is 16.8 Å². The van der Waals surface area contributed by atoms with Crippen LogP contribution >= 0.6 is 11.6 Å². The third-order valence-electron chi connectivity index (χ3n) is 7.14. The molecule has 1 saturated heterocycles. The molecule has 2 aliphatic rings. The molecule has 1 atom stereocenters. The molecule has 0 aliphatic carbocycles. The van der Waals surface area contributed by atoms with Crippen molar-refractivity contribution in [3.63, 3.8) is 0 Å². The highest BCUT2D eigenvalue weighted by Gasteiger charge is 2.18. The zero-order chi connectivity index (χ0) is 27.8. The van der Waals surface area contributed by atoms with Crippen LogP contribution in [0.1, 0.15) is 26.3 Å². The van der Waals surface area contributed by atoms with Crippen LogP contribution in [-0.4, -0.2) is 63.3 Å². The zero-order valence-electron chi connectivity index (χ0n) is 22.6. The number of piperazine rings is 1. The number of pyridine rings is 2. The Morgan fingerprint density at radius 1 is 1.12 bits per heavy atom. The van der Waals surface area contributed by atoms with Crippen molar-refractivity contribution in [3.05, 3.63) is 69.7 Å². The van der Waals surface area contributed by atoms with E-state index in [4.69, 9.17) is 11.6 Å². The normalized spacial score (nSPS) is 17.2. The predicted octanol–water partition coefficient (Wildman–Crippen LogP) is 4.29. The molecule has 1 unspecified atom stereocenters. The van der Waals surface area contributed by atoms with Crippen molar-refractivity contribution in [2.45, 2.75) is 33.4 Å². The summed E-state index contributed by atoms with van der Waals surface area (Å²) in [5.74, 6) is 1.66. The van der Waals surface area contributed by atoms with Gasteiger partial charge >= 0.3 is 0 Å². The van der Waals surface area contributed by atoms with Crippen molar-refractivity contribution in [1.29, 1.82) is 0 Å². The van der Waals surface area contributed by atoms with E-state index in [2.05, 4.69) is 47.4 Å². The Kier molecular flexibility index (Phi) is 7.03. The average molecular weight is 556 g/mol. The van der Waals surface area contributed by atoms with Crippen LogP contribution in [0.15, 0.2) is 63.6 Å². The van der Waals surface area contributed by atoms with Crippen LogP contribution in [0.4, 0.5) is 17.5 Å². The number of hydrogen-bond acceptors (Lipinski definition) is 9. The Morgan fingerprint density at radius 3 is 2.70 bits per heavy atom. The number of fused-ring (bicyclic) bond motifs is 1. The van der Waals surface area contributed by atoms with Crippen LogP contribution in [-0.2, 0) is 6.54 Å². The fourth-order valence-electron chi connectivity index (χ4n) is 5.10. The lowest BCUT2D eigenvalue weighted by atomic mass is 10.0. The maximum absolute atomic E-state index is 13.6. The van der Waals surface area contributed by atoms with Crippen molar-refractivity contribution in [3.8, 4) is 11.1 Å². The highest BCUT2D eigenvalue weighted by Crippen LogP contribution is 2.29. The minimum Gasteiger partial charge on any atom is -0.367 e. The molecular formula is C29H30ClN9O. The number of rotatable bonds is 6. The Bertz CT molecular complexity index is 1710. The number of aryl methyl sites for hydroxylation is 1. The molecule has 10 nitrogen and oxygen atoms in total. The molecule has 204 valence electrons. The van der Waals surface area contributed by atoms with E-state index < -0.39 is 0 Å². The summed E-state index contributed by atoms with van der Waals surface area (Å²) in [6.45, 7) is 9.91. The van der Waals surface area contributed by atoms with E-state index in [1.165, 1.54) is 0 Å². The molecule has 2 aliphatic heterocycles. The fourth-order valence-corrected chi connectivity index (χ4v) is 5.39. The van der Waals surface area contributed by atoms with Gasteiger partial charge in [-0.2, -0.15) is 4.98 Å². The monoisotopic (exact) mass is 555 g/mol. The van der Waals surface area contributed by atoms with E-state index in [1.807, 2.05) is 50.4 Å². The second-order valence-electron chi connectivity index (χ2n) is 10.1. The van der Waals surface area contributed by atoms with Gasteiger partial charge in [-0.1, -0.05) is 23.7 Å². The highest BCUT2D eigenvalue weighted by molar-refractivity contribution is 6.34. The number of nitrogens with zero attached hydrogens (tertiary/aromatic N) is 7. The molecular weight excluding hydrogens is 526 g/mol. The molecule has 11 heteroatoms. The van der Waals surface area contributed by atoms with E-state index in [9.17, 15) is 4.79 Å². The molecule has 3 aromatic heterocycles. The molecule has 5 heterocycles. The number of halogens is 1. The zero-order valence-corrected chi connectivity index (χ0v) is 23.4. The second-order valence-corrected chi connectivity index (χ2v) is 10.5. The lowest BCUT2D eigenvalue weighted by molar-refractivity contribution is 0.484. The van der Waals surface area contributed by atoms with Crippen molar-refractivity contribution in [2.75, 3.05) is 36.4 Å². The summed E-state index contributed by atoms with van der Waals surface area (Å²) in [6.07, 6.45) is 3.57. The first-order valence-corrected chi connectivity index (χ1v) is 13.8. The molecule has 40 heavy (non-hydrogen) atoms. The smallest absolute Gasteiger partial charge is 0.260 e. The summed E-state index contributed by atoms with van der Waals surface area (Å²) >= 11 is 6.67. The van der Waals surface area contributed by atoms with Gasteiger partial charge in [0.15, 0.2) is 5.84 Å². The first-order valence-electron chi connectivity index (χ1n) is 13.4. The quantitative estimate of drug-likeness (QED) is 0.365. The van der Waals surface area contributed by atoms with E-state index in [0.29, 0.717) is 58.5 Å². The van der Waals surface area contributed by atoms with Crippen molar-refractivity contribution >= 4 is 51.6 Å². The Hall–Kier alpha value is -4.15. The molecule has 6 rings (SSSR count). The summed E-state index contributed by atoms with van der Waals surface area (Å²) in [4.78, 5) is 38.6. The molecule has 1 aromatic carbocycles. The van der Waals surface area contributed by atoms with Gasteiger partial charge in [0.25, 0.3) is 5.56 Å². The summed E-state index contributed by atoms with van der Waals surface area (Å²) in [7, 11) is 0. The standard InChI is InChI=1S/C29H30ClN9O/c1-4-39-27-20(11-23(28(39)40)22-7-5-19(12-24(22)30)26-33-13-17(2)35-26)14-34-29(37-27)36-25-8-6-21(15-32-25)38-10-9-31-18(3)16-38/h5-8,11-12,14-15,18,31H,4,9-10,13,16H2,1-3H3,(H,32,34,36,37). The third-order valence-corrected chi connectivity index (χ3v) is 7.45. The van der Waals surface area contributed by atoms with Crippen LogP contribution in [0.25, 0.3) is 22.2 Å². The van der Waals surface area contributed by atoms with Crippen molar-refractivity contribution in [2.24, 2.45) is 9.98 Å². The lowest BCUT2D eigenvalue weighted by Crippen LogP contribution is -2.49. The van der Waals surface area contributed by atoms with Gasteiger partial charge in [-0.15, -0.1) is 0 Å². The van der Waals surface area contributed by atoms with Crippen LogP contribution in [0, 0.1) is 0 Å². The van der Waals surface area contributed by atoms with Crippen LogP contribution in [0.3, 0.4) is 0 Å². The predicted molar refractivity (Wildman–Crippen MR) is 162 cm³/mol. The number of aromatic nitrogens is 4. The largest absolute Gasteiger partial charge is 0.367 e. The van der Waals surface area contributed by atoms with Gasteiger partial charge in [-0.3, -0.25) is 14.4 Å². The molecule has 0 spiro atoms. The summed E-state index contributed by atoms with van der Waals surface area (Å²) in [6, 6.07) is 11.8.